The summed E-state index contributed by atoms with van der Waals surface area (Å²) >= 11 is 3.00. The smallest absolute Gasteiger partial charge is 0.220 e. The van der Waals surface area contributed by atoms with Gasteiger partial charge in [-0.15, -0.1) is 0 Å². The van der Waals surface area contributed by atoms with Crippen molar-refractivity contribution in [1.29, 1.82) is 0 Å². The Balaban J connectivity index is 1.81. The molecule has 0 aliphatic rings. The predicted molar refractivity (Wildman–Crippen MR) is 101 cm³/mol. The van der Waals surface area contributed by atoms with Crippen molar-refractivity contribution in [2.24, 2.45) is 0 Å². The zero-order valence-electron chi connectivity index (χ0n) is 14.6. The first-order valence-corrected chi connectivity index (χ1v) is 10.4. The van der Waals surface area contributed by atoms with Crippen LogP contribution in [0.3, 0.4) is 0 Å². The summed E-state index contributed by atoms with van der Waals surface area (Å²) in [6.07, 6.45) is 1.52. The number of aromatic nitrogens is 3. The van der Waals surface area contributed by atoms with E-state index in [4.69, 9.17) is 0 Å². The summed E-state index contributed by atoms with van der Waals surface area (Å²) in [5.74, 6) is 0.674. The zero-order valence-corrected chi connectivity index (χ0v) is 18.4. The molecule has 0 radical (unpaired) electrons. The SMILES string of the molecule is CC(C)Nc1cc(-c2csc(N(C)C(=O)c3ccc([211At])cc3)n2)ncn1. The van der Waals surface area contributed by atoms with Gasteiger partial charge in [0.15, 0.2) is 0 Å². The minimum atomic E-state index is -0.0811. The molecule has 0 unspecified atom stereocenters. The number of nitrogens with zero attached hydrogens (tertiary/aromatic N) is 4. The van der Waals surface area contributed by atoms with Gasteiger partial charge in [0.1, 0.15) is 0 Å². The van der Waals surface area contributed by atoms with Gasteiger partial charge in [0.2, 0.25) is 0 Å². The molecule has 1 amide bonds. The van der Waals surface area contributed by atoms with Crippen molar-refractivity contribution in [3.05, 3.63) is 47.6 Å². The zero-order chi connectivity index (χ0) is 18.7. The van der Waals surface area contributed by atoms with Crippen molar-refractivity contribution >= 4 is 31.5 Å². The summed E-state index contributed by atoms with van der Waals surface area (Å²) in [6.45, 7) is 4.10. The summed E-state index contributed by atoms with van der Waals surface area (Å²) in [5.41, 5.74) is 2.10. The van der Waals surface area contributed by atoms with E-state index < -0.39 is 0 Å². The Morgan fingerprint density at radius 1 is 1.19 bits per heavy atom. The van der Waals surface area contributed by atoms with Crippen molar-refractivity contribution < 1.29 is 29.5 Å². The first kappa shape index (κ1) is 18.9. The van der Waals surface area contributed by atoms with Crippen LogP contribution in [0.5, 0.6) is 0 Å². The van der Waals surface area contributed by atoms with Gasteiger partial charge in [-0.1, -0.05) is 0 Å². The molecular formula is C18H18AtN5OS. The predicted octanol–water partition coefficient (Wildman–Crippen LogP) is 2.87. The van der Waals surface area contributed by atoms with E-state index >= 15 is 0 Å². The van der Waals surface area contributed by atoms with Crippen LogP contribution >= 0.6 is 11.3 Å². The summed E-state index contributed by atoms with van der Waals surface area (Å²) in [7, 11) is 1.74. The van der Waals surface area contributed by atoms with Crippen molar-refractivity contribution in [2.45, 2.75) is 19.9 Å². The second kappa shape index (κ2) is 8.19. The van der Waals surface area contributed by atoms with Crippen LogP contribution in [0.1, 0.15) is 24.2 Å². The van der Waals surface area contributed by atoms with Gasteiger partial charge in [-0.3, -0.25) is 0 Å². The maximum absolute atomic E-state index is 12.6. The Kier molecular flexibility index (Phi) is 5.94. The van der Waals surface area contributed by atoms with Gasteiger partial charge in [-0.05, 0) is 13.8 Å². The van der Waals surface area contributed by atoms with E-state index in [1.807, 2.05) is 35.7 Å². The minimum absolute atomic E-state index is 0.0811. The van der Waals surface area contributed by atoms with Crippen LogP contribution in [-0.4, -0.2) is 33.9 Å². The first-order chi connectivity index (χ1) is 12.4. The number of carbonyl (C=O) groups is 1. The van der Waals surface area contributed by atoms with Crippen LogP contribution in [0.2, 0.25) is 0 Å². The average Bonchev–Trinajstić information content (AvgIpc) is 3.11. The molecule has 0 saturated heterocycles. The van der Waals surface area contributed by atoms with Gasteiger partial charge < -0.3 is 5.32 Å². The molecule has 6 nitrogen and oxygen atoms in total. The summed E-state index contributed by atoms with van der Waals surface area (Å²) in [5, 5.41) is 5.78. The molecule has 0 fully saturated rings. The van der Waals surface area contributed by atoms with Crippen LogP contribution in [0.25, 0.3) is 11.4 Å². The number of amides is 1. The molecular weight excluding hydrogens is 545 g/mol. The van der Waals surface area contributed by atoms with Crippen LogP contribution < -0.4 is 13.5 Å². The minimum Gasteiger partial charge on any atom is -0.220 e. The quantitative estimate of drug-likeness (QED) is 0.518. The molecule has 2 heterocycles. The van der Waals surface area contributed by atoms with E-state index in [2.05, 4.69) is 34.1 Å². The number of hydrogen-bond donors (Lipinski definition) is 1. The Bertz CT molecular complexity index is 910. The van der Waals surface area contributed by atoms with Crippen LogP contribution in [0.4, 0.5) is 10.9 Å². The van der Waals surface area contributed by atoms with Crippen LogP contribution in [0.15, 0.2) is 42.0 Å². The standard InChI is InChI=1S/C18H18AtN5OS/c1-11(2)22-16-8-14(20-10-21-16)15-9-26-18(23-15)24(3)17(25)12-4-6-13(19)7-5-12/h4-11H,1-3H3,(H,20,21,22)/i19+1. The number of thiazole rings is 1. The van der Waals surface area contributed by atoms with Gasteiger partial charge in [0, 0.05) is 6.04 Å². The van der Waals surface area contributed by atoms with E-state index in [0.717, 1.165) is 17.2 Å². The number of nitrogens with one attached hydrogen (secondary N) is 1. The summed E-state index contributed by atoms with van der Waals surface area (Å²) < 4.78 is 1.18. The van der Waals surface area contributed by atoms with E-state index in [9.17, 15) is 4.79 Å². The second-order valence-corrected chi connectivity index (χ2v) is 8.51. The number of rotatable bonds is 5. The monoisotopic (exact) mass is 563 g/mol. The van der Waals surface area contributed by atoms with Crippen molar-refractivity contribution in [2.75, 3.05) is 17.3 Å². The number of benzene rings is 1. The van der Waals surface area contributed by atoms with Gasteiger partial charge in [0.25, 0.3) is 0 Å². The summed E-state index contributed by atoms with van der Waals surface area (Å²) in [6, 6.07) is 9.74. The molecule has 0 spiro atoms. The van der Waals surface area contributed by atoms with Gasteiger partial charge in [-0.2, -0.15) is 0 Å². The summed E-state index contributed by atoms with van der Waals surface area (Å²) in [4.78, 5) is 27.3. The number of anilines is 2. The Morgan fingerprint density at radius 2 is 1.92 bits per heavy atom. The molecule has 2 aromatic heterocycles. The Labute approximate surface area is 171 Å². The molecule has 3 rings (SSSR count). The molecule has 0 aliphatic heterocycles. The van der Waals surface area contributed by atoms with Crippen molar-refractivity contribution in [1.82, 2.24) is 15.0 Å². The fourth-order valence-electron chi connectivity index (χ4n) is 2.28. The molecule has 8 heteroatoms. The van der Waals surface area contributed by atoms with Crippen LogP contribution in [0, 0.1) is 24.7 Å². The molecule has 0 atom stereocenters. The third-order valence-electron chi connectivity index (χ3n) is 3.54. The van der Waals surface area contributed by atoms with Gasteiger partial charge >= 0.3 is 142 Å². The van der Waals surface area contributed by atoms with E-state index in [0.29, 0.717) is 10.7 Å². The molecule has 3 aromatic rings. The fraction of sp³-hybridized carbons (Fsp3) is 0.222. The fourth-order valence-corrected chi connectivity index (χ4v) is 3.55. The van der Waals surface area contributed by atoms with E-state index in [1.165, 1.54) is 20.9 Å². The Morgan fingerprint density at radius 3 is 2.62 bits per heavy atom. The molecule has 0 saturated carbocycles. The van der Waals surface area contributed by atoms with Gasteiger partial charge in [-0.25, -0.2) is 4.98 Å². The molecule has 134 valence electrons. The van der Waals surface area contributed by atoms with Crippen molar-refractivity contribution in [3.63, 3.8) is 0 Å². The molecule has 0 aliphatic carbocycles. The number of hydrogen-bond acceptors (Lipinski definition) is 6. The van der Waals surface area contributed by atoms with Crippen molar-refractivity contribution in [3.8, 4) is 11.4 Å². The third-order valence-corrected chi connectivity index (χ3v) is 5.44. The van der Waals surface area contributed by atoms with E-state index in [1.54, 1.807) is 36.7 Å². The van der Waals surface area contributed by atoms with Crippen LogP contribution in [-0.2, 0) is 0 Å². The maximum atomic E-state index is 12.6. The topological polar surface area (TPSA) is 71.0 Å². The second-order valence-electron chi connectivity index (χ2n) is 5.97. The van der Waals surface area contributed by atoms with E-state index in [-0.39, 0.29) is 11.9 Å². The molecule has 0 bridgehead atoms. The third kappa shape index (κ3) is 4.43. The van der Waals surface area contributed by atoms with Gasteiger partial charge in [0.05, 0.1) is 0 Å². The number of carbonyl (C=O) groups excluding carboxylic acids is 1. The molecule has 26 heavy (non-hydrogen) atoms. The Hall–Kier alpha value is -1.92. The normalized spacial score (nSPS) is 10.8. The molecule has 1 aromatic carbocycles. The average molecular weight is 563 g/mol. The first-order valence-electron chi connectivity index (χ1n) is 8.02. The molecule has 1 N–H and O–H groups in total.